The highest BCUT2D eigenvalue weighted by molar-refractivity contribution is 5.92. The van der Waals surface area contributed by atoms with E-state index in [1.807, 2.05) is 37.4 Å². The average Bonchev–Trinajstić information content (AvgIpc) is 2.71. The van der Waals surface area contributed by atoms with E-state index < -0.39 is 11.5 Å². The third kappa shape index (κ3) is 3.85. The van der Waals surface area contributed by atoms with Crippen LogP contribution in [0.2, 0.25) is 0 Å². The van der Waals surface area contributed by atoms with Crippen LogP contribution in [-0.2, 0) is 12.0 Å². The van der Waals surface area contributed by atoms with Crippen molar-refractivity contribution in [3.05, 3.63) is 53.1 Å². The molecule has 0 saturated carbocycles. The molecule has 0 unspecified atom stereocenters. The highest BCUT2D eigenvalue weighted by Crippen LogP contribution is 2.44. The summed E-state index contributed by atoms with van der Waals surface area (Å²) in [6.45, 7) is 2.07. The zero-order valence-corrected chi connectivity index (χ0v) is 16.5. The van der Waals surface area contributed by atoms with Crippen LogP contribution >= 0.6 is 0 Å². The number of ether oxygens (including phenoxy) is 3. The van der Waals surface area contributed by atoms with Crippen molar-refractivity contribution in [1.82, 2.24) is 5.32 Å². The lowest BCUT2D eigenvalue weighted by atomic mass is 9.80. The van der Waals surface area contributed by atoms with Gasteiger partial charge in [0.25, 0.3) is 0 Å². The highest BCUT2D eigenvalue weighted by Gasteiger charge is 2.34. The molecular weight excluding hydrogens is 346 g/mol. The van der Waals surface area contributed by atoms with Crippen molar-refractivity contribution in [2.75, 3.05) is 28.4 Å². The maximum absolute atomic E-state index is 12.0. The molecule has 0 aliphatic heterocycles. The summed E-state index contributed by atoms with van der Waals surface area (Å²) < 4.78 is 16.3. The van der Waals surface area contributed by atoms with Crippen LogP contribution in [0.3, 0.4) is 0 Å². The Labute approximate surface area is 160 Å². The zero-order chi connectivity index (χ0) is 20.0. The molecule has 0 heterocycles. The van der Waals surface area contributed by atoms with E-state index in [2.05, 4.69) is 12.2 Å². The normalized spacial score (nSPS) is 12.9. The lowest BCUT2D eigenvalue weighted by Gasteiger charge is -2.34. The fourth-order valence-electron chi connectivity index (χ4n) is 3.48. The van der Waals surface area contributed by atoms with E-state index in [1.165, 1.54) is 27.4 Å². The van der Waals surface area contributed by atoms with E-state index in [-0.39, 0.29) is 5.56 Å². The van der Waals surface area contributed by atoms with Crippen molar-refractivity contribution < 1.29 is 24.1 Å². The Kier molecular flexibility index (Phi) is 6.69. The van der Waals surface area contributed by atoms with Gasteiger partial charge in [-0.05, 0) is 31.5 Å². The smallest absolute Gasteiger partial charge is 0.336 e. The van der Waals surface area contributed by atoms with Crippen LogP contribution in [0.1, 0.15) is 34.8 Å². The van der Waals surface area contributed by atoms with Gasteiger partial charge in [-0.2, -0.15) is 0 Å². The summed E-state index contributed by atoms with van der Waals surface area (Å²) in [5.74, 6) is 0.0348. The van der Waals surface area contributed by atoms with Gasteiger partial charge in [0, 0.05) is 11.1 Å². The van der Waals surface area contributed by atoms with E-state index in [4.69, 9.17) is 14.2 Å². The molecule has 6 heteroatoms. The maximum Gasteiger partial charge on any atom is 0.336 e. The minimum atomic E-state index is -1.04. The molecule has 0 spiro atoms. The predicted octanol–water partition coefficient (Wildman–Crippen LogP) is 3.48. The zero-order valence-electron chi connectivity index (χ0n) is 16.5. The number of rotatable bonds is 9. The molecule has 0 amide bonds. The molecule has 1 atom stereocenters. The minimum Gasteiger partial charge on any atom is -0.493 e. The Bertz CT molecular complexity index is 785. The van der Waals surface area contributed by atoms with Gasteiger partial charge in [0.1, 0.15) is 0 Å². The van der Waals surface area contributed by atoms with Crippen LogP contribution in [0, 0.1) is 0 Å². The fourth-order valence-corrected chi connectivity index (χ4v) is 3.48. The molecule has 146 valence electrons. The van der Waals surface area contributed by atoms with E-state index in [0.717, 1.165) is 12.0 Å². The Balaban J connectivity index is 2.73. The topological polar surface area (TPSA) is 77.0 Å². The van der Waals surface area contributed by atoms with Crippen LogP contribution in [-0.4, -0.2) is 39.5 Å². The molecule has 0 aliphatic carbocycles. The molecule has 2 rings (SSSR count). The van der Waals surface area contributed by atoms with Gasteiger partial charge in [-0.1, -0.05) is 37.3 Å². The fraction of sp³-hybridized carbons (Fsp3) is 0.381. The lowest BCUT2D eigenvalue weighted by molar-refractivity contribution is 0.0694. The first-order valence-corrected chi connectivity index (χ1v) is 8.77. The van der Waals surface area contributed by atoms with Crippen LogP contribution in [0.15, 0.2) is 36.4 Å². The molecule has 2 N–H and O–H groups in total. The SMILES string of the molecule is CC[C@@](Cc1c(C(=O)O)cc(OC)c(OC)c1OC)(NC)c1ccccc1. The molecule has 6 nitrogen and oxygen atoms in total. The van der Waals surface area contributed by atoms with Crippen molar-refractivity contribution in [3.8, 4) is 17.2 Å². The summed E-state index contributed by atoms with van der Waals surface area (Å²) in [5, 5.41) is 13.2. The molecule has 0 saturated heterocycles. The second-order valence-electron chi connectivity index (χ2n) is 6.21. The Morgan fingerprint density at radius 2 is 1.70 bits per heavy atom. The summed E-state index contributed by atoms with van der Waals surface area (Å²) in [5.41, 5.74) is 1.30. The van der Waals surface area contributed by atoms with E-state index in [0.29, 0.717) is 29.2 Å². The number of carboxylic acid groups (broad SMARTS) is 1. The minimum absolute atomic E-state index is 0.133. The molecule has 0 bridgehead atoms. The van der Waals surface area contributed by atoms with E-state index in [9.17, 15) is 9.90 Å². The second kappa shape index (κ2) is 8.77. The number of carbonyl (C=O) groups is 1. The van der Waals surface area contributed by atoms with Gasteiger partial charge in [0.2, 0.25) is 5.75 Å². The third-order valence-corrected chi connectivity index (χ3v) is 5.05. The number of benzene rings is 2. The van der Waals surface area contributed by atoms with Crippen molar-refractivity contribution in [3.63, 3.8) is 0 Å². The van der Waals surface area contributed by atoms with Gasteiger partial charge < -0.3 is 24.6 Å². The summed E-state index contributed by atoms with van der Waals surface area (Å²) >= 11 is 0. The maximum atomic E-state index is 12.0. The van der Waals surface area contributed by atoms with E-state index in [1.54, 1.807) is 0 Å². The number of hydrogen-bond acceptors (Lipinski definition) is 5. The number of methoxy groups -OCH3 is 3. The van der Waals surface area contributed by atoms with Crippen LogP contribution in [0.5, 0.6) is 17.2 Å². The number of likely N-dealkylation sites (N-methyl/N-ethyl adjacent to an activating group) is 1. The first-order valence-electron chi connectivity index (χ1n) is 8.77. The molecule has 2 aromatic rings. The molecule has 27 heavy (non-hydrogen) atoms. The quantitative estimate of drug-likeness (QED) is 0.701. The molecule has 0 radical (unpaired) electrons. The predicted molar refractivity (Wildman–Crippen MR) is 104 cm³/mol. The number of hydrogen-bond donors (Lipinski definition) is 2. The van der Waals surface area contributed by atoms with Gasteiger partial charge in [0.15, 0.2) is 11.5 Å². The van der Waals surface area contributed by atoms with Gasteiger partial charge >= 0.3 is 5.97 Å². The van der Waals surface area contributed by atoms with Crippen LogP contribution in [0.4, 0.5) is 0 Å². The molecule has 0 aromatic heterocycles. The van der Waals surface area contributed by atoms with Crippen molar-refractivity contribution in [2.24, 2.45) is 0 Å². The Hall–Kier alpha value is -2.73. The highest BCUT2D eigenvalue weighted by atomic mass is 16.5. The first kappa shape index (κ1) is 20.6. The molecule has 0 aliphatic rings. The summed E-state index contributed by atoms with van der Waals surface area (Å²) in [6, 6.07) is 11.5. The average molecular weight is 373 g/mol. The number of aromatic carboxylic acids is 1. The van der Waals surface area contributed by atoms with Crippen LogP contribution in [0.25, 0.3) is 0 Å². The van der Waals surface area contributed by atoms with Gasteiger partial charge in [0.05, 0.1) is 26.9 Å². The Morgan fingerprint density at radius 3 is 2.15 bits per heavy atom. The van der Waals surface area contributed by atoms with Crippen molar-refractivity contribution in [2.45, 2.75) is 25.3 Å². The van der Waals surface area contributed by atoms with Gasteiger partial charge in [-0.3, -0.25) is 0 Å². The summed E-state index contributed by atoms with van der Waals surface area (Å²) in [7, 11) is 6.36. The summed E-state index contributed by atoms with van der Waals surface area (Å²) in [6.07, 6.45) is 1.17. The number of carboxylic acids is 1. The number of nitrogens with one attached hydrogen (secondary N) is 1. The Morgan fingerprint density at radius 1 is 1.07 bits per heavy atom. The first-order chi connectivity index (χ1) is 13.0. The van der Waals surface area contributed by atoms with Crippen molar-refractivity contribution in [1.29, 1.82) is 0 Å². The monoisotopic (exact) mass is 373 g/mol. The second-order valence-corrected chi connectivity index (χ2v) is 6.21. The van der Waals surface area contributed by atoms with E-state index >= 15 is 0 Å². The van der Waals surface area contributed by atoms with Gasteiger partial charge in [-0.25, -0.2) is 4.79 Å². The molecule has 0 fully saturated rings. The largest absolute Gasteiger partial charge is 0.493 e. The lowest BCUT2D eigenvalue weighted by Crippen LogP contribution is -2.42. The molecule has 2 aromatic carbocycles. The summed E-state index contributed by atoms with van der Waals surface area (Å²) in [4.78, 5) is 12.0. The third-order valence-electron chi connectivity index (χ3n) is 5.05. The standard InChI is InChI=1S/C21H27NO5/c1-6-21(22-2,14-10-8-7-9-11-14)13-16-15(20(23)24)12-17(25-3)19(27-5)18(16)26-4/h7-12,22H,6,13H2,1-5H3,(H,23,24)/t21-/m0/s1. The van der Waals surface area contributed by atoms with Gasteiger partial charge in [-0.15, -0.1) is 0 Å². The van der Waals surface area contributed by atoms with Crippen molar-refractivity contribution >= 4 is 5.97 Å². The van der Waals surface area contributed by atoms with Crippen LogP contribution < -0.4 is 19.5 Å². The molecular formula is C21H27NO5.